The fourth-order valence-corrected chi connectivity index (χ4v) is 2.86. The van der Waals surface area contributed by atoms with Gasteiger partial charge in [-0.3, -0.25) is 4.90 Å². The van der Waals surface area contributed by atoms with Crippen LogP contribution < -0.4 is 0 Å². The minimum Gasteiger partial charge on any atom is -0.365 e. The molecular weight excluding hydrogens is 190 g/mol. The van der Waals surface area contributed by atoms with Crippen LogP contribution in [0.1, 0.15) is 19.3 Å². The molecule has 1 rings (SSSR count). The SMILES string of the molecule is C=CCN(CC=C)C1([SiH3])CCCCO1. The molecule has 0 radical (unpaired) electrons. The summed E-state index contributed by atoms with van der Waals surface area (Å²) in [7, 11) is 1.05. The van der Waals surface area contributed by atoms with E-state index in [0.29, 0.717) is 0 Å². The first-order chi connectivity index (χ1) is 6.73. The predicted octanol–water partition coefficient (Wildman–Crippen LogP) is 0.880. The van der Waals surface area contributed by atoms with Crippen LogP contribution in [-0.4, -0.2) is 40.2 Å². The van der Waals surface area contributed by atoms with E-state index in [1.807, 2.05) is 12.2 Å². The Morgan fingerprint density at radius 3 is 2.36 bits per heavy atom. The van der Waals surface area contributed by atoms with Crippen molar-refractivity contribution < 1.29 is 4.74 Å². The molecule has 0 saturated carbocycles. The Labute approximate surface area is 90.0 Å². The van der Waals surface area contributed by atoms with E-state index in [1.54, 1.807) is 0 Å². The van der Waals surface area contributed by atoms with Crippen LogP contribution in [0.2, 0.25) is 0 Å². The predicted molar refractivity (Wildman–Crippen MR) is 64.4 cm³/mol. The van der Waals surface area contributed by atoms with Gasteiger partial charge in [0.1, 0.15) is 0 Å². The minimum absolute atomic E-state index is 0.0284. The van der Waals surface area contributed by atoms with Crippen LogP contribution in [-0.2, 0) is 4.74 Å². The number of nitrogens with zero attached hydrogens (tertiary/aromatic N) is 1. The Kier molecular flexibility index (Phi) is 4.58. The largest absolute Gasteiger partial charge is 0.365 e. The van der Waals surface area contributed by atoms with Gasteiger partial charge in [-0.25, -0.2) is 0 Å². The molecule has 0 spiro atoms. The second-order valence-electron chi connectivity index (χ2n) is 3.96. The van der Waals surface area contributed by atoms with E-state index in [9.17, 15) is 0 Å². The van der Waals surface area contributed by atoms with Crippen LogP contribution in [0.25, 0.3) is 0 Å². The van der Waals surface area contributed by atoms with Gasteiger partial charge in [0.2, 0.25) is 0 Å². The van der Waals surface area contributed by atoms with Crippen molar-refractivity contribution in [2.75, 3.05) is 19.7 Å². The van der Waals surface area contributed by atoms with Gasteiger partial charge in [-0.2, -0.15) is 0 Å². The van der Waals surface area contributed by atoms with E-state index in [2.05, 4.69) is 18.1 Å². The lowest BCUT2D eigenvalue weighted by Gasteiger charge is -2.43. The molecule has 1 atom stereocenters. The third kappa shape index (κ3) is 2.80. The molecule has 1 saturated heterocycles. The molecule has 0 aromatic carbocycles. The summed E-state index contributed by atoms with van der Waals surface area (Å²) in [5.74, 6) is 0. The van der Waals surface area contributed by atoms with Crippen LogP contribution in [0.5, 0.6) is 0 Å². The number of ether oxygens (including phenoxy) is 1. The third-order valence-electron chi connectivity index (χ3n) is 2.82. The molecule has 0 aliphatic carbocycles. The quantitative estimate of drug-likeness (QED) is 0.494. The molecule has 14 heavy (non-hydrogen) atoms. The van der Waals surface area contributed by atoms with Crippen molar-refractivity contribution in [2.45, 2.75) is 24.6 Å². The second-order valence-corrected chi connectivity index (χ2v) is 5.53. The van der Waals surface area contributed by atoms with Gasteiger partial charge in [-0.05, 0) is 19.3 Å². The molecule has 1 unspecified atom stereocenters. The maximum absolute atomic E-state index is 5.92. The van der Waals surface area contributed by atoms with E-state index in [1.165, 1.54) is 19.3 Å². The van der Waals surface area contributed by atoms with Crippen LogP contribution >= 0.6 is 0 Å². The van der Waals surface area contributed by atoms with Gasteiger partial charge in [-0.15, -0.1) is 13.2 Å². The molecule has 0 amide bonds. The summed E-state index contributed by atoms with van der Waals surface area (Å²) < 4.78 is 5.92. The zero-order valence-corrected chi connectivity index (χ0v) is 11.2. The zero-order valence-electron chi connectivity index (χ0n) is 9.17. The van der Waals surface area contributed by atoms with E-state index < -0.39 is 0 Å². The average molecular weight is 211 g/mol. The third-order valence-corrected chi connectivity index (χ3v) is 4.24. The first-order valence-corrected chi connectivity index (χ1v) is 6.34. The highest BCUT2D eigenvalue weighted by molar-refractivity contribution is 6.14. The molecular formula is C11H21NOSi. The first-order valence-electron chi connectivity index (χ1n) is 5.34. The van der Waals surface area contributed by atoms with Crippen molar-refractivity contribution in [1.29, 1.82) is 0 Å². The summed E-state index contributed by atoms with van der Waals surface area (Å²) in [5.41, 5.74) is 0. The molecule has 1 fully saturated rings. The van der Waals surface area contributed by atoms with Gasteiger partial charge in [0.05, 0.1) is 15.6 Å². The Balaban J connectivity index is 2.62. The van der Waals surface area contributed by atoms with Gasteiger partial charge in [0.25, 0.3) is 0 Å². The van der Waals surface area contributed by atoms with Crippen molar-refractivity contribution in [3.63, 3.8) is 0 Å². The van der Waals surface area contributed by atoms with Crippen molar-refractivity contribution in [1.82, 2.24) is 4.90 Å². The average Bonchev–Trinajstić information content (AvgIpc) is 2.19. The molecule has 3 heteroatoms. The van der Waals surface area contributed by atoms with Crippen molar-refractivity contribution in [3.8, 4) is 0 Å². The molecule has 0 bridgehead atoms. The summed E-state index contributed by atoms with van der Waals surface area (Å²) in [6.07, 6.45) is 7.55. The van der Waals surface area contributed by atoms with Crippen LogP contribution in [0.4, 0.5) is 0 Å². The molecule has 2 nitrogen and oxygen atoms in total. The topological polar surface area (TPSA) is 12.5 Å². The van der Waals surface area contributed by atoms with Gasteiger partial charge in [0.15, 0.2) is 0 Å². The fraction of sp³-hybridized carbons (Fsp3) is 0.636. The Morgan fingerprint density at radius 2 is 1.93 bits per heavy atom. The van der Waals surface area contributed by atoms with Crippen molar-refractivity contribution in [3.05, 3.63) is 25.3 Å². The molecule has 0 aromatic heterocycles. The number of hydrogen-bond acceptors (Lipinski definition) is 2. The Morgan fingerprint density at radius 1 is 1.29 bits per heavy atom. The van der Waals surface area contributed by atoms with Gasteiger partial charge >= 0.3 is 0 Å². The lowest BCUT2D eigenvalue weighted by molar-refractivity contribution is -0.113. The zero-order chi connectivity index (χ0) is 10.4. The molecule has 0 aromatic rings. The van der Waals surface area contributed by atoms with E-state index in [4.69, 9.17) is 4.74 Å². The molecule has 1 heterocycles. The van der Waals surface area contributed by atoms with Gasteiger partial charge in [-0.1, -0.05) is 12.2 Å². The highest BCUT2D eigenvalue weighted by Crippen LogP contribution is 2.25. The summed E-state index contributed by atoms with van der Waals surface area (Å²) in [4.78, 5) is 2.35. The lowest BCUT2D eigenvalue weighted by atomic mass is 10.1. The highest BCUT2D eigenvalue weighted by Gasteiger charge is 2.32. The van der Waals surface area contributed by atoms with Crippen molar-refractivity contribution >= 4 is 10.2 Å². The van der Waals surface area contributed by atoms with Crippen LogP contribution in [0.3, 0.4) is 0 Å². The standard InChI is InChI=1S/C11H21NOSi/c1-3-8-12(9-4-2)11(14)7-5-6-10-13-11/h3-4H,1-2,5-10H2,14H3. The van der Waals surface area contributed by atoms with Gasteiger partial charge < -0.3 is 4.74 Å². The summed E-state index contributed by atoms with van der Waals surface area (Å²) in [6, 6.07) is 0. The number of rotatable bonds is 5. The molecule has 0 N–H and O–H groups in total. The number of hydrogen-bond donors (Lipinski definition) is 0. The highest BCUT2D eigenvalue weighted by atomic mass is 28.1. The normalized spacial score (nSPS) is 27.8. The van der Waals surface area contributed by atoms with Crippen LogP contribution in [0.15, 0.2) is 25.3 Å². The maximum Gasteiger partial charge on any atom is 0.0975 e. The lowest BCUT2D eigenvalue weighted by Crippen LogP contribution is -2.53. The minimum atomic E-state index is 0.0284. The molecule has 80 valence electrons. The first kappa shape index (κ1) is 11.7. The Hall–Kier alpha value is -0.383. The molecule has 1 aliphatic heterocycles. The van der Waals surface area contributed by atoms with E-state index >= 15 is 0 Å². The monoisotopic (exact) mass is 211 g/mol. The maximum atomic E-state index is 5.92. The van der Waals surface area contributed by atoms with E-state index in [-0.39, 0.29) is 5.35 Å². The van der Waals surface area contributed by atoms with Crippen molar-refractivity contribution in [2.24, 2.45) is 0 Å². The summed E-state index contributed by atoms with van der Waals surface area (Å²) in [5, 5.41) is 0.0284. The van der Waals surface area contributed by atoms with Gasteiger partial charge in [0, 0.05) is 19.7 Å². The second kappa shape index (κ2) is 5.49. The summed E-state index contributed by atoms with van der Waals surface area (Å²) in [6.45, 7) is 10.3. The fourth-order valence-electron chi connectivity index (χ4n) is 1.94. The smallest absolute Gasteiger partial charge is 0.0975 e. The summed E-state index contributed by atoms with van der Waals surface area (Å²) >= 11 is 0. The Bertz CT molecular complexity index is 189. The van der Waals surface area contributed by atoms with Crippen LogP contribution in [0, 0.1) is 0 Å². The molecule has 1 aliphatic rings. The van der Waals surface area contributed by atoms with E-state index in [0.717, 1.165) is 29.9 Å².